The first-order valence-corrected chi connectivity index (χ1v) is 14.3. The monoisotopic (exact) mass is 610 g/mol. The number of aliphatic hydroxyl groups excluding tert-OH is 1. The molecule has 0 saturated carbocycles. The molecule has 40 heavy (non-hydrogen) atoms. The summed E-state index contributed by atoms with van der Waals surface area (Å²) in [7, 11) is -4.37. The number of hydrogen-bond donors (Lipinski definition) is 1. The molecule has 1 aromatic heterocycles. The van der Waals surface area contributed by atoms with Gasteiger partial charge >= 0.3 is 6.18 Å². The highest BCUT2D eigenvalue weighted by Crippen LogP contribution is 2.42. The Morgan fingerprint density at radius 1 is 1.00 bits per heavy atom. The van der Waals surface area contributed by atoms with E-state index in [1.54, 1.807) is 12.1 Å². The molecule has 1 N–H and O–H groups in total. The number of aromatic nitrogens is 1. The van der Waals surface area contributed by atoms with Gasteiger partial charge in [0.1, 0.15) is 6.10 Å². The van der Waals surface area contributed by atoms with E-state index in [-0.39, 0.29) is 37.1 Å². The van der Waals surface area contributed by atoms with Gasteiger partial charge in [0.05, 0.1) is 39.9 Å². The second-order valence-electron chi connectivity index (χ2n) is 9.19. The van der Waals surface area contributed by atoms with Gasteiger partial charge in [-0.15, -0.1) is 0 Å². The van der Waals surface area contributed by atoms with Crippen LogP contribution in [-0.4, -0.2) is 48.7 Å². The lowest BCUT2D eigenvalue weighted by molar-refractivity contribution is -0.137. The molecular formula is C28H23Cl2F3N2O4S. The van der Waals surface area contributed by atoms with Crippen molar-refractivity contribution in [3.05, 3.63) is 106 Å². The van der Waals surface area contributed by atoms with Gasteiger partial charge in [0.25, 0.3) is 10.0 Å². The predicted octanol–water partition coefficient (Wildman–Crippen LogP) is 6.59. The summed E-state index contributed by atoms with van der Waals surface area (Å²) in [5.41, 5.74) is -0.211. The van der Waals surface area contributed by atoms with Gasteiger partial charge in [-0.3, -0.25) is 0 Å². The van der Waals surface area contributed by atoms with Crippen LogP contribution in [0, 0.1) is 0 Å². The van der Waals surface area contributed by atoms with E-state index in [0.717, 1.165) is 22.2 Å². The normalized spacial score (nSPS) is 15.4. The third-order valence-corrected chi connectivity index (χ3v) is 9.27. The smallest absolute Gasteiger partial charge is 0.382 e. The van der Waals surface area contributed by atoms with Crippen molar-refractivity contribution in [2.45, 2.75) is 17.2 Å². The van der Waals surface area contributed by atoms with Crippen molar-refractivity contribution in [1.29, 1.82) is 0 Å². The zero-order valence-corrected chi connectivity index (χ0v) is 23.2. The van der Waals surface area contributed by atoms with Crippen LogP contribution in [0.25, 0.3) is 16.6 Å². The van der Waals surface area contributed by atoms with E-state index in [1.807, 2.05) is 4.90 Å². The van der Waals surface area contributed by atoms with E-state index in [0.29, 0.717) is 37.6 Å². The lowest BCUT2D eigenvalue weighted by Crippen LogP contribution is -2.34. The number of benzene rings is 3. The number of alkyl halides is 3. The van der Waals surface area contributed by atoms with Crippen LogP contribution >= 0.6 is 23.2 Å². The summed E-state index contributed by atoms with van der Waals surface area (Å²) in [5, 5.41) is 11.7. The van der Waals surface area contributed by atoms with Gasteiger partial charge in [0.15, 0.2) is 0 Å². The molecule has 2 heterocycles. The molecular weight excluding hydrogens is 588 g/mol. The average Bonchev–Trinajstić information content (AvgIpc) is 3.33. The Kier molecular flexibility index (Phi) is 7.66. The third kappa shape index (κ3) is 5.10. The molecule has 0 radical (unpaired) electrons. The van der Waals surface area contributed by atoms with E-state index in [2.05, 4.69) is 6.58 Å². The van der Waals surface area contributed by atoms with Crippen molar-refractivity contribution in [1.82, 2.24) is 8.87 Å². The second kappa shape index (κ2) is 10.8. The fourth-order valence-electron chi connectivity index (χ4n) is 4.74. The molecule has 4 aromatic rings. The summed E-state index contributed by atoms with van der Waals surface area (Å²) in [5.74, 6) is 0. The van der Waals surface area contributed by atoms with E-state index in [1.165, 1.54) is 36.4 Å². The molecule has 210 valence electrons. The molecule has 5 rings (SSSR count). The standard InChI is InChI=1S/C28H23Cl2F3N2O4S/c1-17(34-11-13-39-14-12-34)21-8-9-22(29)25(26(21)30)27(36)24-16-18-15-19(28(31,32)33)7-10-23(18)35(24)40(37,38)20-5-3-2-4-6-20/h2-10,15-16,27,36H,1,11-14H2. The minimum atomic E-state index is -4.66. The number of halogens is 5. The molecule has 1 fully saturated rings. The molecule has 1 aliphatic heterocycles. The average molecular weight is 611 g/mol. The van der Waals surface area contributed by atoms with E-state index < -0.39 is 27.9 Å². The van der Waals surface area contributed by atoms with Crippen molar-refractivity contribution in [3.8, 4) is 0 Å². The molecule has 12 heteroatoms. The van der Waals surface area contributed by atoms with Crippen LogP contribution in [0.3, 0.4) is 0 Å². The topological polar surface area (TPSA) is 71.8 Å². The zero-order valence-electron chi connectivity index (χ0n) is 20.8. The Balaban J connectivity index is 1.71. The van der Waals surface area contributed by atoms with Gasteiger partial charge in [-0.25, -0.2) is 12.4 Å². The maximum absolute atomic E-state index is 13.8. The summed E-state index contributed by atoms with van der Waals surface area (Å²) in [6.45, 7) is 6.26. The van der Waals surface area contributed by atoms with Crippen molar-refractivity contribution < 1.29 is 31.4 Å². The number of morpholine rings is 1. The third-order valence-electron chi connectivity index (χ3n) is 6.78. The van der Waals surface area contributed by atoms with Crippen molar-refractivity contribution in [2.75, 3.05) is 26.3 Å². The molecule has 1 unspecified atom stereocenters. The molecule has 0 bridgehead atoms. The van der Waals surface area contributed by atoms with Crippen LogP contribution in [0.15, 0.2) is 78.2 Å². The minimum absolute atomic E-state index is 0.00129. The quantitative estimate of drug-likeness (QED) is 0.267. The first-order chi connectivity index (χ1) is 18.9. The molecule has 6 nitrogen and oxygen atoms in total. The van der Waals surface area contributed by atoms with Crippen LogP contribution in [-0.2, 0) is 20.9 Å². The van der Waals surface area contributed by atoms with Crippen LogP contribution in [0.2, 0.25) is 10.0 Å². The van der Waals surface area contributed by atoms with Crippen LogP contribution in [0.4, 0.5) is 13.2 Å². The van der Waals surface area contributed by atoms with Gasteiger partial charge in [0, 0.05) is 40.3 Å². The fraction of sp³-hybridized carbons (Fsp3) is 0.214. The molecule has 0 spiro atoms. The maximum Gasteiger partial charge on any atom is 0.416 e. The highest BCUT2D eigenvalue weighted by Gasteiger charge is 2.34. The Hall–Kier alpha value is -3.02. The van der Waals surface area contributed by atoms with E-state index >= 15 is 0 Å². The Labute approximate surface area is 238 Å². The van der Waals surface area contributed by atoms with Gasteiger partial charge in [-0.05, 0) is 48.5 Å². The number of fused-ring (bicyclic) bond motifs is 1. The highest BCUT2D eigenvalue weighted by molar-refractivity contribution is 7.90. The summed E-state index contributed by atoms with van der Waals surface area (Å²) in [6.07, 6.45) is -6.38. The first kappa shape index (κ1) is 28.5. The summed E-state index contributed by atoms with van der Waals surface area (Å²) < 4.78 is 74.4. The van der Waals surface area contributed by atoms with Crippen molar-refractivity contribution in [2.24, 2.45) is 0 Å². The number of ether oxygens (including phenoxy) is 1. The molecule has 1 saturated heterocycles. The predicted molar refractivity (Wildman–Crippen MR) is 148 cm³/mol. The summed E-state index contributed by atoms with van der Waals surface area (Å²) >= 11 is 13.3. The summed E-state index contributed by atoms with van der Waals surface area (Å²) in [4.78, 5) is 1.84. The number of rotatable bonds is 6. The molecule has 3 aromatic carbocycles. The maximum atomic E-state index is 13.8. The Morgan fingerprint density at radius 3 is 2.33 bits per heavy atom. The summed E-state index contributed by atoms with van der Waals surface area (Å²) in [6, 6.07) is 14.4. The van der Waals surface area contributed by atoms with Gasteiger partial charge in [-0.1, -0.05) is 48.0 Å². The highest BCUT2D eigenvalue weighted by atomic mass is 35.5. The molecule has 1 aliphatic rings. The second-order valence-corrected chi connectivity index (χ2v) is 11.8. The number of hydrogen-bond acceptors (Lipinski definition) is 5. The van der Waals surface area contributed by atoms with Crippen molar-refractivity contribution >= 4 is 49.8 Å². The number of aliphatic hydroxyl groups is 1. The van der Waals surface area contributed by atoms with Gasteiger partial charge < -0.3 is 14.7 Å². The lowest BCUT2D eigenvalue weighted by Gasteiger charge is -2.31. The van der Waals surface area contributed by atoms with E-state index in [4.69, 9.17) is 27.9 Å². The Morgan fingerprint density at radius 2 is 1.68 bits per heavy atom. The molecule has 0 aliphatic carbocycles. The SMILES string of the molecule is C=C(c1ccc(Cl)c(C(O)c2cc3cc(C(F)(F)F)ccc3n2S(=O)(=O)c2ccccc2)c1Cl)N1CCOCC1. The van der Waals surface area contributed by atoms with Crippen LogP contribution in [0.5, 0.6) is 0 Å². The van der Waals surface area contributed by atoms with Crippen LogP contribution in [0.1, 0.15) is 28.5 Å². The van der Waals surface area contributed by atoms with Gasteiger partial charge in [-0.2, -0.15) is 13.2 Å². The number of nitrogens with zero attached hydrogens (tertiary/aromatic N) is 2. The van der Waals surface area contributed by atoms with Crippen molar-refractivity contribution in [3.63, 3.8) is 0 Å². The largest absolute Gasteiger partial charge is 0.416 e. The fourth-order valence-corrected chi connectivity index (χ4v) is 6.99. The van der Waals surface area contributed by atoms with E-state index in [9.17, 15) is 26.7 Å². The zero-order chi connectivity index (χ0) is 28.8. The minimum Gasteiger partial charge on any atom is -0.382 e. The Bertz CT molecular complexity index is 1700. The van der Waals surface area contributed by atoms with Crippen LogP contribution < -0.4 is 0 Å². The first-order valence-electron chi connectivity index (χ1n) is 12.1. The molecule has 0 amide bonds. The van der Waals surface area contributed by atoms with Gasteiger partial charge in [0.2, 0.25) is 0 Å². The lowest BCUT2D eigenvalue weighted by atomic mass is 10.0. The molecule has 1 atom stereocenters.